The zero-order valence-electron chi connectivity index (χ0n) is 3.73. The van der Waals surface area contributed by atoms with Gasteiger partial charge >= 0.3 is 0 Å². The predicted octanol–water partition coefficient (Wildman–Crippen LogP) is 0.00630. The van der Waals surface area contributed by atoms with Gasteiger partial charge in [-0.05, 0) is 13.8 Å². The Hall–Kier alpha value is 1.44. The fraction of sp³-hybridized carbons (Fsp3) is 1.00. The van der Waals surface area contributed by atoms with Gasteiger partial charge in [0.1, 0.15) is 0 Å². The average Bonchev–Trinajstić information content (AvgIpc) is 0.811. The minimum Gasteiger partial charge on any atom is -0.394 e. The van der Waals surface area contributed by atoms with Crippen molar-refractivity contribution in [2.24, 2.45) is 0 Å². The Labute approximate surface area is 69.7 Å². The quantitative estimate of drug-likeness (QED) is 0.479. The van der Waals surface area contributed by atoms with Gasteiger partial charge in [0.2, 0.25) is 0 Å². The van der Waals surface area contributed by atoms with Crippen LogP contribution in [0.2, 0.25) is 0 Å². The molecular weight excluding hydrogens is 140 g/mol. The van der Waals surface area contributed by atoms with Crippen molar-refractivity contribution >= 4 is 45.5 Å². The van der Waals surface area contributed by atoms with Crippen molar-refractivity contribution in [3.63, 3.8) is 0 Å². The smallest absolute Gasteiger partial charge is 0.0483 e. The SMILES string of the molecule is CC(C)O.[Sr]. The normalized spacial score (nSPS) is 7.20. The van der Waals surface area contributed by atoms with Crippen LogP contribution >= 0.6 is 0 Å². The molecule has 0 atom stereocenters. The van der Waals surface area contributed by atoms with Crippen molar-refractivity contribution in [3.8, 4) is 0 Å². The number of hydrogen-bond acceptors (Lipinski definition) is 1. The third-order valence-electron chi connectivity index (χ3n) is 0. The van der Waals surface area contributed by atoms with Crippen molar-refractivity contribution in [2.75, 3.05) is 0 Å². The second-order valence-corrected chi connectivity index (χ2v) is 1.09. The van der Waals surface area contributed by atoms with Crippen LogP contribution in [0.4, 0.5) is 0 Å². The second kappa shape index (κ2) is 5.44. The van der Waals surface area contributed by atoms with Gasteiger partial charge in [0.05, 0.1) is 0 Å². The molecule has 28 valence electrons. The Morgan fingerprint density at radius 2 is 1.40 bits per heavy atom. The Balaban J connectivity index is 0. The molecule has 2 heteroatoms. The van der Waals surface area contributed by atoms with Gasteiger partial charge in [-0.15, -0.1) is 0 Å². The summed E-state index contributed by atoms with van der Waals surface area (Å²) < 4.78 is 0. The summed E-state index contributed by atoms with van der Waals surface area (Å²) in [5.41, 5.74) is 0. The van der Waals surface area contributed by atoms with E-state index in [0.717, 1.165) is 0 Å². The summed E-state index contributed by atoms with van der Waals surface area (Å²) >= 11 is 0. The molecule has 0 aromatic heterocycles. The number of hydrogen-bond donors (Lipinski definition) is 1. The molecule has 5 heavy (non-hydrogen) atoms. The second-order valence-electron chi connectivity index (χ2n) is 1.09. The van der Waals surface area contributed by atoms with Crippen LogP contribution in [0.5, 0.6) is 0 Å². The molecule has 0 spiro atoms. The van der Waals surface area contributed by atoms with Crippen molar-refractivity contribution in [1.29, 1.82) is 0 Å². The fourth-order valence-electron chi connectivity index (χ4n) is 0. The summed E-state index contributed by atoms with van der Waals surface area (Å²) in [4.78, 5) is 0. The van der Waals surface area contributed by atoms with Crippen LogP contribution < -0.4 is 0 Å². The van der Waals surface area contributed by atoms with Crippen LogP contribution in [0.25, 0.3) is 0 Å². The van der Waals surface area contributed by atoms with Crippen LogP contribution in [-0.2, 0) is 0 Å². The van der Waals surface area contributed by atoms with Gasteiger partial charge in [0, 0.05) is 51.6 Å². The van der Waals surface area contributed by atoms with E-state index in [0.29, 0.717) is 0 Å². The summed E-state index contributed by atoms with van der Waals surface area (Å²) in [6.07, 6.45) is -0.167. The molecule has 0 heterocycles. The molecule has 1 nitrogen and oxygen atoms in total. The Bertz CT molecular complexity index is 11.6. The fourth-order valence-corrected chi connectivity index (χ4v) is 0. The molecular formula is C3H8OSr. The molecule has 0 rings (SSSR count). The first-order valence-electron chi connectivity index (χ1n) is 1.41. The Kier molecular flexibility index (Phi) is 10.5. The van der Waals surface area contributed by atoms with E-state index in [-0.39, 0.29) is 51.6 Å². The minimum atomic E-state index is -0.167. The maximum atomic E-state index is 8.06. The predicted molar refractivity (Wildman–Crippen MR) is 23.1 cm³/mol. The molecule has 0 unspecified atom stereocenters. The average molecular weight is 148 g/mol. The number of aliphatic hydroxyl groups is 1. The summed E-state index contributed by atoms with van der Waals surface area (Å²) in [5.74, 6) is 0. The van der Waals surface area contributed by atoms with E-state index in [1.807, 2.05) is 0 Å². The van der Waals surface area contributed by atoms with Gasteiger partial charge in [0.15, 0.2) is 0 Å². The molecule has 0 amide bonds. The van der Waals surface area contributed by atoms with Crippen molar-refractivity contribution in [3.05, 3.63) is 0 Å². The topological polar surface area (TPSA) is 20.2 Å². The van der Waals surface area contributed by atoms with Crippen LogP contribution in [0.1, 0.15) is 13.8 Å². The third kappa shape index (κ3) is 31.0. The largest absolute Gasteiger partial charge is 0.394 e. The van der Waals surface area contributed by atoms with Crippen molar-refractivity contribution in [2.45, 2.75) is 20.0 Å². The first-order valence-corrected chi connectivity index (χ1v) is 1.41. The van der Waals surface area contributed by atoms with E-state index in [1.54, 1.807) is 13.8 Å². The maximum Gasteiger partial charge on any atom is 0.0483 e. The van der Waals surface area contributed by atoms with E-state index in [2.05, 4.69) is 0 Å². The molecule has 0 saturated carbocycles. The first kappa shape index (κ1) is 9.67. The van der Waals surface area contributed by atoms with E-state index in [9.17, 15) is 0 Å². The monoisotopic (exact) mass is 148 g/mol. The summed E-state index contributed by atoms with van der Waals surface area (Å²) in [7, 11) is 0. The molecule has 0 aliphatic carbocycles. The molecule has 0 saturated heterocycles. The van der Waals surface area contributed by atoms with Crippen molar-refractivity contribution in [1.82, 2.24) is 0 Å². The van der Waals surface area contributed by atoms with Gasteiger partial charge in [-0.3, -0.25) is 0 Å². The Morgan fingerprint density at radius 3 is 1.40 bits per heavy atom. The van der Waals surface area contributed by atoms with Gasteiger partial charge in [-0.1, -0.05) is 0 Å². The zero-order valence-corrected chi connectivity index (χ0v) is 7.21. The number of rotatable bonds is 0. The summed E-state index contributed by atoms with van der Waals surface area (Å²) in [6, 6.07) is 0. The molecule has 0 aliphatic heterocycles. The van der Waals surface area contributed by atoms with Gasteiger partial charge in [-0.2, -0.15) is 0 Å². The maximum absolute atomic E-state index is 8.06. The molecule has 2 radical (unpaired) electrons. The van der Waals surface area contributed by atoms with Gasteiger partial charge in [-0.25, -0.2) is 0 Å². The molecule has 0 aliphatic rings. The van der Waals surface area contributed by atoms with E-state index in [1.165, 1.54) is 0 Å². The van der Waals surface area contributed by atoms with Crippen LogP contribution in [0, 0.1) is 0 Å². The molecule has 0 bridgehead atoms. The van der Waals surface area contributed by atoms with Crippen LogP contribution in [0.3, 0.4) is 0 Å². The molecule has 1 N–H and O–H groups in total. The number of aliphatic hydroxyl groups excluding tert-OH is 1. The van der Waals surface area contributed by atoms with Crippen molar-refractivity contribution < 1.29 is 5.11 Å². The first-order chi connectivity index (χ1) is 1.73. The van der Waals surface area contributed by atoms with E-state index in [4.69, 9.17) is 5.11 Å². The standard InChI is InChI=1S/C3H8O.Sr/c1-3(2)4;/h3-4H,1-2H3;. The zero-order chi connectivity index (χ0) is 3.58. The van der Waals surface area contributed by atoms with Gasteiger partial charge < -0.3 is 5.11 Å². The Morgan fingerprint density at radius 1 is 1.40 bits per heavy atom. The van der Waals surface area contributed by atoms with Crippen LogP contribution in [0.15, 0.2) is 0 Å². The van der Waals surface area contributed by atoms with E-state index >= 15 is 0 Å². The molecule has 0 fully saturated rings. The molecule has 0 aromatic carbocycles. The van der Waals surface area contributed by atoms with E-state index < -0.39 is 0 Å². The molecule has 0 aromatic rings. The van der Waals surface area contributed by atoms with Gasteiger partial charge in [0.25, 0.3) is 0 Å². The summed E-state index contributed by atoms with van der Waals surface area (Å²) in [5, 5.41) is 8.06. The third-order valence-corrected chi connectivity index (χ3v) is 0. The summed E-state index contributed by atoms with van der Waals surface area (Å²) in [6.45, 7) is 3.44. The minimum absolute atomic E-state index is 0. The van der Waals surface area contributed by atoms with Crippen LogP contribution in [-0.4, -0.2) is 56.7 Å².